The highest BCUT2D eigenvalue weighted by molar-refractivity contribution is 5.81. The number of ether oxygens (including phenoxy) is 2. The second-order valence-electron chi connectivity index (χ2n) is 3.55. The number of benzene rings is 1. The molecule has 0 amide bonds. The second-order valence-corrected chi connectivity index (χ2v) is 3.55. The maximum Gasteiger partial charge on any atom is 0.171 e. The molecule has 1 atom stereocenters. The Bertz CT molecular complexity index is 374. The first-order chi connectivity index (χ1) is 7.67. The lowest BCUT2D eigenvalue weighted by molar-refractivity contribution is 0.111. The van der Waals surface area contributed by atoms with Gasteiger partial charge in [0.05, 0.1) is 19.8 Å². The van der Waals surface area contributed by atoms with Crippen molar-refractivity contribution in [2.45, 2.75) is 12.8 Å². The van der Waals surface area contributed by atoms with E-state index in [0.29, 0.717) is 17.1 Å². The first-order valence-corrected chi connectivity index (χ1v) is 4.99. The smallest absolute Gasteiger partial charge is 0.171 e. The third-order valence-electron chi connectivity index (χ3n) is 2.50. The van der Waals surface area contributed by atoms with E-state index in [1.807, 2.05) is 6.92 Å². The topological polar surface area (TPSA) is 55.8 Å². The molecule has 1 aromatic carbocycles. The van der Waals surface area contributed by atoms with Crippen molar-refractivity contribution in [1.82, 2.24) is 0 Å². The maximum absolute atomic E-state index is 10.9. The van der Waals surface area contributed by atoms with Gasteiger partial charge in [0.2, 0.25) is 0 Å². The van der Waals surface area contributed by atoms with Crippen LogP contribution in [-0.4, -0.2) is 32.2 Å². The lowest BCUT2D eigenvalue weighted by Gasteiger charge is -2.14. The number of aldehydes is 1. The summed E-state index contributed by atoms with van der Waals surface area (Å²) in [5.41, 5.74) is 1.28. The van der Waals surface area contributed by atoms with Crippen LogP contribution in [0, 0.1) is 0 Å². The fraction of sp³-hybridized carbons (Fsp3) is 0.417. The Morgan fingerprint density at radius 3 is 2.50 bits per heavy atom. The fourth-order valence-electron chi connectivity index (χ4n) is 1.49. The van der Waals surface area contributed by atoms with Gasteiger partial charge in [-0.2, -0.15) is 0 Å². The Hall–Kier alpha value is -1.55. The molecule has 1 N–H and O–H groups in total. The van der Waals surface area contributed by atoms with Gasteiger partial charge in [0.15, 0.2) is 17.8 Å². The highest BCUT2D eigenvalue weighted by atomic mass is 16.5. The minimum atomic E-state index is -0.0430. The van der Waals surface area contributed by atoms with E-state index < -0.39 is 0 Å². The lowest BCUT2D eigenvalue weighted by Crippen LogP contribution is -2.03. The molecule has 0 bridgehead atoms. The number of hydrogen-bond donors (Lipinski definition) is 1. The monoisotopic (exact) mass is 224 g/mol. The molecule has 1 aromatic rings. The molecule has 0 saturated heterocycles. The maximum atomic E-state index is 10.9. The Kier molecular flexibility index (Phi) is 4.31. The zero-order valence-electron chi connectivity index (χ0n) is 9.69. The summed E-state index contributed by atoms with van der Waals surface area (Å²) < 4.78 is 10.3. The average molecular weight is 224 g/mol. The SMILES string of the molecule is COc1cc(C(C)CO)cc(C=O)c1OC. The number of aliphatic hydroxyl groups excluding tert-OH is 1. The van der Waals surface area contributed by atoms with Gasteiger partial charge < -0.3 is 14.6 Å². The number of carbonyl (C=O) groups is 1. The Balaban J connectivity index is 3.31. The van der Waals surface area contributed by atoms with Gasteiger partial charge in [-0.25, -0.2) is 0 Å². The van der Waals surface area contributed by atoms with Gasteiger partial charge in [-0.05, 0) is 17.7 Å². The Labute approximate surface area is 94.8 Å². The first kappa shape index (κ1) is 12.5. The van der Waals surface area contributed by atoms with Crippen LogP contribution in [0.25, 0.3) is 0 Å². The minimum absolute atomic E-state index is 0.0216. The number of hydrogen-bond acceptors (Lipinski definition) is 4. The molecule has 88 valence electrons. The van der Waals surface area contributed by atoms with Crippen molar-refractivity contribution in [1.29, 1.82) is 0 Å². The van der Waals surface area contributed by atoms with Crippen molar-refractivity contribution >= 4 is 6.29 Å². The van der Waals surface area contributed by atoms with Crippen LogP contribution in [-0.2, 0) is 0 Å². The summed E-state index contributed by atoms with van der Waals surface area (Å²) in [6.45, 7) is 1.89. The van der Waals surface area contributed by atoms with E-state index in [4.69, 9.17) is 14.6 Å². The van der Waals surface area contributed by atoms with Gasteiger partial charge in [0.1, 0.15) is 0 Å². The Morgan fingerprint density at radius 1 is 1.38 bits per heavy atom. The van der Waals surface area contributed by atoms with Crippen LogP contribution in [0.3, 0.4) is 0 Å². The van der Waals surface area contributed by atoms with Crippen molar-refractivity contribution in [3.05, 3.63) is 23.3 Å². The van der Waals surface area contributed by atoms with E-state index >= 15 is 0 Å². The van der Waals surface area contributed by atoms with Crippen molar-refractivity contribution in [2.75, 3.05) is 20.8 Å². The van der Waals surface area contributed by atoms with Crippen molar-refractivity contribution in [3.63, 3.8) is 0 Å². The summed E-state index contributed by atoms with van der Waals surface area (Å²) in [7, 11) is 3.00. The molecule has 0 aliphatic carbocycles. The van der Waals surface area contributed by atoms with Gasteiger partial charge >= 0.3 is 0 Å². The van der Waals surface area contributed by atoms with Gasteiger partial charge in [-0.15, -0.1) is 0 Å². The summed E-state index contributed by atoms with van der Waals surface area (Å²) in [4.78, 5) is 10.9. The van der Waals surface area contributed by atoms with Crippen LogP contribution in [0.15, 0.2) is 12.1 Å². The van der Waals surface area contributed by atoms with E-state index in [1.165, 1.54) is 14.2 Å². The van der Waals surface area contributed by atoms with Crippen LogP contribution in [0.5, 0.6) is 11.5 Å². The number of methoxy groups -OCH3 is 2. The normalized spacial score (nSPS) is 12.0. The molecule has 0 fully saturated rings. The zero-order chi connectivity index (χ0) is 12.1. The van der Waals surface area contributed by atoms with Crippen molar-refractivity contribution in [3.8, 4) is 11.5 Å². The van der Waals surface area contributed by atoms with Crippen molar-refractivity contribution in [2.24, 2.45) is 0 Å². The van der Waals surface area contributed by atoms with Gasteiger partial charge in [0.25, 0.3) is 0 Å². The molecular weight excluding hydrogens is 208 g/mol. The summed E-state index contributed by atoms with van der Waals surface area (Å²) in [5.74, 6) is 0.882. The standard InChI is InChI=1S/C12H16O4/c1-8(6-13)9-4-10(7-14)12(16-3)11(5-9)15-2/h4-5,7-8,13H,6H2,1-3H3. The molecule has 0 aromatic heterocycles. The van der Waals surface area contributed by atoms with Crippen LogP contribution >= 0.6 is 0 Å². The third-order valence-corrected chi connectivity index (χ3v) is 2.50. The van der Waals surface area contributed by atoms with E-state index in [0.717, 1.165) is 11.8 Å². The van der Waals surface area contributed by atoms with E-state index in [2.05, 4.69) is 0 Å². The summed E-state index contributed by atoms with van der Waals surface area (Å²) in [6.07, 6.45) is 0.717. The first-order valence-electron chi connectivity index (χ1n) is 4.99. The predicted octanol–water partition coefficient (Wildman–Crippen LogP) is 1.61. The fourth-order valence-corrected chi connectivity index (χ4v) is 1.49. The molecule has 1 unspecified atom stereocenters. The van der Waals surface area contributed by atoms with E-state index in [-0.39, 0.29) is 12.5 Å². The van der Waals surface area contributed by atoms with Crippen LogP contribution in [0.1, 0.15) is 28.8 Å². The molecule has 0 heterocycles. The number of rotatable bonds is 5. The summed E-state index contributed by atoms with van der Waals surface area (Å²) in [5, 5.41) is 9.08. The van der Waals surface area contributed by atoms with Crippen molar-refractivity contribution < 1.29 is 19.4 Å². The zero-order valence-corrected chi connectivity index (χ0v) is 9.69. The Morgan fingerprint density at radius 2 is 2.06 bits per heavy atom. The second kappa shape index (κ2) is 5.51. The lowest BCUT2D eigenvalue weighted by atomic mass is 9.99. The molecule has 4 nitrogen and oxygen atoms in total. The molecule has 0 radical (unpaired) electrons. The van der Waals surface area contributed by atoms with Crippen LogP contribution in [0.2, 0.25) is 0 Å². The predicted molar refractivity (Wildman–Crippen MR) is 60.4 cm³/mol. The summed E-state index contributed by atoms with van der Waals surface area (Å²) >= 11 is 0. The van der Waals surface area contributed by atoms with Crippen LogP contribution < -0.4 is 9.47 Å². The molecular formula is C12H16O4. The van der Waals surface area contributed by atoms with Crippen LogP contribution in [0.4, 0.5) is 0 Å². The molecule has 16 heavy (non-hydrogen) atoms. The van der Waals surface area contributed by atoms with Gasteiger partial charge in [0, 0.05) is 12.5 Å². The quantitative estimate of drug-likeness (QED) is 0.772. The van der Waals surface area contributed by atoms with Gasteiger partial charge in [-0.3, -0.25) is 4.79 Å². The number of carbonyl (C=O) groups excluding carboxylic acids is 1. The largest absolute Gasteiger partial charge is 0.493 e. The molecule has 0 spiro atoms. The molecule has 0 saturated carbocycles. The molecule has 4 heteroatoms. The third kappa shape index (κ3) is 2.33. The van der Waals surface area contributed by atoms with Gasteiger partial charge in [-0.1, -0.05) is 6.92 Å². The molecule has 0 aliphatic heterocycles. The highest BCUT2D eigenvalue weighted by Crippen LogP contribution is 2.33. The molecule has 0 aliphatic rings. The van der Waals surface area contributed by atoms with E-state index in [1.54, 1.807) is 12.1 Å². The average Bonchev–Trinajstić information content (AvgIpc) is 2.35. The highest BCUT2D eigenvalue weighted by Gasteiger charge is 2.14. The minimum Gasteiger partial charge on any atom is -0.493 e. The van der Waals surface area contributed by atoms with E-state index in [9.17, 15) is 4.79 Å². The number of aliphatic hydroxyl groups is 1. The summed E-state index contributed by atoms with van der Waals surface area (Å²) in [6, 6.07) is 3.47. The molecule has 1 rings (SSSR count).